The average molecular weight is 693 g/mol. The quantitative estimate of drug-likeness (QED) is 0.161. The fourth-order valence-electron chi connectivity index (χ4n) is 4.63. The molecule has 0 aliphatic rings. The third-order valence-electron chi connectivity index (χ3n) is 6.37. The normalized spacial score (nSPS) is 9.93. The Morgan fingerprint density at radius 1 is 0.372 bits per heavy atom. The maximum absolute atomic E-state index is 9.00. The minimum atomic E-state index is -0.877. The molecule has 6 aromatic carbocycles. The molecule has 0 fully saturated rings. The number of rotatable bonds is 6. The molecule has 5 heteroatoms. The van der Waals surface area contributed by atoms with E-state index in [-0.39, 0.29) is 20.4 Å². The zero-order valence-corrected chi connectivity index (χ0v) is 27.5. The summed E-state index contributed by atoms with van der Waals surface area (Å²) < 4.78 is 0. The van der Waals surface area contributed by atoms with Gasteiger partial charge in [0.05, 0.1) is 15.8 Å². The summed E-state index contributed by atoms with van der Waals surface area (Å²) in [4.78, 5) is 9.00. The van der Waals surface area contributed by atoms with Gasteiger partial charge in [-0.2, -0.15) is 0 Å². The van der Waals surface area contributed by atoms with Gasteiger partial charge in [-0.25, -0.2) is 0 Å². The molecule has 0 unspecified atom stereocenters. The van der Waals surface area contributed by atoms with E-state index in [1.165, 1.54) is 31.8 Å². The fourth-order valence-corrected chi connectivity index (χ4v) is 9.78. The number of aliphatic carboxylic acids is 1. The molecule has 0 atom stereocenters. The molecule has 0 spiro atoms. The molecule has 0 aromatic heterocycles. The number of carboxylic acids is 1. The van der Waals surface area contributed by atoms with Crippen LogP contribution in [0.3, 0.4) is 0 Å². The summed E-state index contributed by atoms with van der Waals surface area (Å²) in [6, 6.07) is 65.0. The topological polar surface area (TPSA) is 37.3 Å². The summed E-state index contributed by atoms with van der Waals surface area (Å²) in [5.41, 5.74) is 0. The summed E-state index contributed by atoms with van der Waals surface area (Å²) in [5, 5.41) is 16.0. The van der Waals surface area contributed by atoms with Crippen LogP contribution in [0, 0.1) is 0 Å². The first-order chi connectivity index (χ1) is 20.6. The van der Waals surface area contributed by atoms with E-state index in [9.17, 15) is 0 Å². The van der Waals surface area contributed by atoms with E-state index in [1.54, 1.807) is 0 Å². The van der Waals surface area contributed by atoms with E-state index in [0.29, 0.717) is 0 Å². The zero-order chi connectivity index (χ0) is 29.4. The molecule has 0 saturated heterocycles. The Balaban J connectivity index is 0.000000206. The molecule has 6 rings (SSSR count). The van der Waals surface area contributed by atoms with Crippen LogP contribution in [0.25, 0.3) is 0 Å². The fraction of sp³-hybridized carbons (Fsp3) is 0.0263. The second-order valence-corrected chi connectivity index (χ2v) is 14.4. The van der Waals surface area contributed by atoms with Crippen LogP contribution < -0.4 is 31.8 Å². The molecule has 0 aliphatic heterocycles. The van der Waals surface area contributed by atoms with E-state index in [1.807, 2.05) is 0 Å². The number of hydrogen-bond acceptors (Lipinski definition) is 1. The molecule has 0 heterocycles. The Morgan fingerprint density at radius 2 is 0.488 bits per heavy atom. The first-order valence-corrected chi connectivity index (χ1v) is 16.9. The smallest absolute Gasteiger partial charge is 0.300 e. The minimum absolute atomic E-state index is 0. The van der Waals surface area contributed by atoms with Gasteiger partial charge in [-0.1, -0.05) is 109 Å². The van der Waals surface area contributed by atoms with E-state index >= 15 is 0 Å². The first-order valence-electron chi connectivity index (χ1n) is 13.9. The number of benzene rings is 6. The summed E-state index contributed by atoms with van der Waals surface area (Å²) in [6.07, 6.45) is 0. The van der Waals surface area contributed by atoms with Crippen LogP contribution >= 0.6 is 15.8 Å². The molecule has 43 heavy (non-hydrogen) atoms. The van der Waals surface area contributed by atoms with Gasteiger partial charge in [0.2, 0.25) is 0 Å². The van der Waals surface area contributed by atoms with Crippen LogP contribution in [0.1, 0.15) is 6.92 Å². The van der Waals surface area contributed by atoms with Gasteiger partial charge in [0.15, 0.2) is 0 Å². The molecule has 6 aromatic rings. The molecule has 2 nitrogen and oxygen atoms in total. The van der Waals surface area contributed by atoms with Gasteiger partial charge < -0.3 is 5.11 Å². The van der Waals surface area contributed by atoms with Crippen molar-refractivity contribution in [3.63, 3.8) is 0 Å². The first kappa shape index (κ1) is 33.8. The monoisotopic (exact) mass is 692 g/mol. The molecule has 218 valence electrons. The third kappa shape index (κ3) is 10.8. The van der Waals surface area contributed by atoms with Crippen LogP contribution in [0.4, 0.5) is 0 Å². The van der Waals surface area contributed by atoms with Crippen molar-refractivity contribution in [3.05, 3.63) is 182 Å². The number of carbonyl (C=O) groups is 1. The number of carboxylic acid groups (broad SMARTS) is 1. The van der Waals surface area contributed by atoms with Crippen LogP contribution in [0.2, 0.25) is 0 Å². The molecule has 0 bridgehead atoms. The SMILES string of the molecule is CC(=O)O.[Pd].c1ccc([PH+](c2ccccc2)c2ccccc2)cc1.c1ccc([PH+](c2ccccc2)c2ccccc2)cc1. The van der Waals surface area contributed by atoms with Gasteiger partial charge in [-0.15, -0.1) is 0 Å². The molecule has 0 radical (unpaired) electrons. The van der Waals surface area contributed by atoms with E-state index in [0.717, 1.165) is 6.92 Å². The van der Waals surface area contributed by atoms with Gasteiger partial charge in [0.1, 0.15) is 31.8 Å². The van der Waals surface area contributed by atoms with Gasteiger partial charge in [-0.05, 0) is 72.8 Å². The standard InChI is InChI=1S/2C18H15P.C2H4O2.Pd/c2*1-4-10-16(11-5-1)19(17-12-6-2-7-13-17)18-14-8-3-9-15-18;1-2(3)4;/h2*1-15H;1H3,(H,3,4);/p+2. The zero-order valence-electron chi connectivity index (χ0n) is 24.0. The van der Waals surface area contributed by atoms with E-state index in [2.05, 4.69) is 182 Å². The summed E-state index contributed by atoms with van der Waals surface area (Å²) in [7, 11) is -1.75. The third-order valence-corrected chi connectivity index (χ3v) is 11.8. The predicted octanol–water partition coefficient (Wildman–Crippen LogP) is 6.44. The molecular formula is C38H36O2P2Pd+2. The van der Waals surface area contributed by atoms with Crippen LogP contribution in [-0.2, 0) is 25.2 Å². The van der Waals surface area contributed by atoms with Gasteiger partial charge in [0, 0.05) is 27.3 Å². The maximum Gasteiger partial charge on any atom is 0.300 e. The van der Waals surface area contributed by atoms with Crippen molar-refractivity contribution < 1.29 is 30.3 Å². The second-order valence-electron chi connectivity index (χ2n) is 9.47. The molecule has 0 amide bonds. The van der Waals surface area contributed by atoms with Gasteiger partial charge in [0.25, 0.3) is 5.97 Å². The van der Waals surface area contributed by atoms with Crippen LogP contribution in [-0.4, -0.2) is 11.1 Å². The molecular weight excluding hydrogens is 657 g/mol. The Labute approximate surface area is 271 Å². The summed E-state index contributed by atoms with van der Waals surface area (Å²) in [5.74, 6) is -0.833. The van der Waals surface area contributed by atoms with Gasteiger partial charge in [-0.3, -0.25) is 4.79 Å². The molecule has 1 N–H and O–H groups in total. The van der Waals surface area contributed by atoms with Crippen molar-refractivity contribution in [2.75, 3.05) is 0 Å². The van der Waals surface area contributed by atoms with Crippen LogP contribution in [0.15, 0.2) is 182 Å². The predicted molar refractivity (Wildman–Crippen MR) is 186 cm³/mol. The largest absolute Gasteiger partial charge is 0.481 e. The summed E-state index contributed by atoms with van der Waals surface area (Å²) in [6.45, 7) is 1.08. The van der Waals surface area contributed by atoms with Crippen molar-refractivity contribution >= 4 is 53.6 Å². The van der Waals surface area contributed by atoms with Crippen molar-refractivity contribution in [1.82, 2.24) is 0 Å². The second kappa shape index (κ2) is 18.8. The Morgan fingerprint density at radius 3 is 0.605 bits per heavy atom. The minimum Gasteiger partial charge on any atom is -0.481 e. The molecule has 0 aliphatic carbocycles. The van der Waals surface area contributed by atoms with Crippen molar-refractivity contribution in [2.24, 2.45) is 0 Å². The Kier molecular flexibility index (Phi) is 14.8. The van der Waals surface area contributed by atoms with Crippen molar-refractivity contribution in [1.29, 1.82) is 0 Å². The van der Waals surface area contributed by atoms with Crippen LogP contribution in [0.5, 0.6) is 0 Å². The van der Waals surface area contributed by atoms with Crippen molar-refractivity contribution in [2.45, 2.75) is 6.92 Å². The Hall–Kier alpha value is -3.69. The average Bonchev–Trinajstić information content (AvgIpc) is 3.05. The number of hydrogen-bond donors (Lipinski definition) is 1. The maximum atomic E-state index is 9.00. The summed E-state index contributed by atoms with van der Waals surface area (Å²) >= 11 is 0. The van der Waals surface area contributed by atoms with Crippen molar-refractivity contribution in [3.8, 4) is 0 Å². The van der Waals surface area contributed by atoms with Gasteiger partial charge >= 0.3 is 0 Å². The Bertz CT molecular complexity index is 1280. The van der Waals surface area contributed by atoms with E-state index < -0.39 is 21.8 Å². The molecule has 0 saturated carbocycles. The van der Waals surface area contributed by atoms with E-state index in [4.69, 9.17) is 9.90 Å².